The third-order valence-electron chi connectivity index (χ3n) is 5.86. The standard InChI is InChI=1S/C21H20FNO2/c22-16-10-9-15(14-7-3-1-4-8-14)17-18(16)19(17)23-13-21(25-20(23)24)11-5-2-6-12-21/h1,3-4,7-10,19H,2,5-6,11-13H2. The van der Waals surface area contributed by atoms with Gasteiger partial charge in [-0.15, -0.1) is 0 Å². The maximum absolute atomic E-state index is 14.4. The third kappa shape index (κ3) is 2.27. The van der Waals surface area contributed by atoms with E-state index < -0.39 is 0 Å². The summed E-state index contributed by atoms with van der Waals surface area (Å²) in [6.45, 7) is 0.582. The number of rotatable bonds is 2. The van der Waals surface area contributed by atoms with E-state index in [0.717, 1.165) is 42.4 Å². The Morgan fingerprint density at radius 3 is 2.52 bits per heavy atom. The van der Waals surface area contributed by atoms with Gasteiger partial charge < -0.3 is 4.74 Å². The molecular weight excluding hydrogens is 317 g/mol. The van der Waals surface area contributed by atoms with Crippen LogP contribution in [0.5, 0.6) is 0 Å². The van der Waals surface area contributed by atoms with Crippen LogP contribution in [0.25, 0.3) is 11.1 Å². The molecule has 2 aliphatic carbocycles. The molecule has 0 radical (unpaired) electrons. The fraction of sp³-hybridized carbons (Fsp3) is 0.381. The number of fused-ring (bicyclic) bond motifs is 1. The number of halogens is 1. The summed E-state index contributed by atoms with van der Waals surface area (Å²) >= 11 is 0. The van der Waals surface area contributed by atoms with Crippen molar-refractivity contribution < 1.29 is 13.9 Å². The number of ether oxygens (including phenoxy) is 1. The van der Waals surface area contributed by atoms with Gasteiger partial charge in [0.1, 0.15) is 11.4 Å². The van der Waals surface area contributed by atoms with Crippen LogP contribution in [-0.2, 0) is 4.74 Å². The van der Waals surface area contributed by atoms with E-state index in [1.165, 1.54) is 12.5 Å². The summed E-state index contributed by atoms with van der Waals surface area (Å²) in [5, 5.41) is 0. The topological polar surface area (TPSA) is 29.5 Å². The Morgan fingerprint density at radius 2 is 1.76 bits per heavy atom. The summed E-state index contributed by atoms with van der Waals surface area (Å²) in [5.41, 5.74) is 3.32. The van der Waals surface area contributed by atoms with Gasteiger partial charge in [-0.2, -0.15) is 0 Å². The summed E-state index contributed by atoms with van der Waals surface area (Å²) in [4.78, 5) is 14.3. The summed E-state index contributed by atoms with van der Waals surface area (Å²) in [7, 11) is 0. The Bertz CT molecular complexity index is 842. The number of hydrogen-bond donors (Lipinski definition) is 0. The minimum Gasteiger partial charge on any atom is -0.441 e. The van der Waals surface area contributed by atoms with Crippen molar-refractivity contribution in [2.24, 2.45) is 0 Å². The van der Waals surface area contributed by atoms with E-state index in [1.807, 2.05) is 36.4 Å². The molecule has 1 spiro atoms. The molecule has 2 aromatic carbocycles. The van der Waals surface area contributed by atoms with Gasteiger partial charge in [-0.25, -0.2) is 9.18 Å². The van der Waals surface area contributed by atoms with Gasteiger partial charge in [0.15, 0.2) is 0 Å². The molecule has 1 atom stereocenters. The first-order valence-corrected chi connectivity index (χ1v) is 9.06. The molecular formula is C21H20FNO2. The first-order valence-electron chi connectivity index (χ1n) is 9.06. The molecule has 4 heteroatoms. The van der Waals surface area contributed by atoms with Crippen LogP contribution in [0.1, 0.15) is 49.3 Å². The van der Waals surface area contributed by atoms with Crippen molar-refractivity contribution in [3.8, 4) is 11.1 Å². The lowest BCUT2D eigenvalue weighted by atomic mass is 9.85. The number of benzene rings is 2. The summed E-state index contributed by atoms with van der Waals surface area (Å²) in [6.07, 6.45) is 4.96. The Hall–Kier alpha value is -2.36. The summed E-state index contributed by atoms with van der Waals surface area (Å²) in [6, 6.07) is 13.0. The molecule has 1 saturated heterocycles. The Labute approximate surface area is 146 Å². The normalized spacial score (nSPS) is 23.5. The number of carbonyl (C=O) groups is 1. The molecule has 3 nitrogen and oxygen atoms in total. The largest absolute Gasteiger partial charge is 0.441 e. The predicted octanol–water partition coefficient (Wildman–Crippen LogP) is 5.05. The number of nitrogens with zero attached hydrogens (tertiary/aromatic N) is 1. The fourth-order valence-electron chi connectivity index (χ4n) is 4.58. The molecule has 1 amide bonds. The lowest BCUT2D eigenvalue weighted by molar-refractivity contribution is 0.0260. The molecule has 1 unspecified atom stereocenters. The van der Waals surface area contributed by atoms with E-state index in [0.29, 0.717) is 12.1 Å². The highest BCUT2D eigenvalue weighted by Crippen LogP contribution is 2.55. The molecule has 0 aromatic heterocycles. The average molecular weight is 337 g/mol. The summed E-state index contributed by atoms with van der Waals surface area (Å²) < 4.78 is 20.1. The van der Waals surface area contributed by atoms with E-state index in [2.05, 4.69) is 0 Å². The van der Waals surface area contributed by atoms with Crippen LogP contribution in [0, 0.1) is 5.82 Å². The average Bonchev–Trinajstić information content (AvgIpc) is 3.30. The fourth-order valence-corrected chi connectivity index (χ4v) is 4.58. The highest BCUT2D eigenvalue weighted by molar-refractivity contribution is 5.81. The lowest BCUT2D eigenvalue weighted by Gasteiger charge is -2.30. The van der Waals surface area contributed by atoms with Crippen molar-refractivity contribution in [1.29, 1.82) is 0 Å². The first kappa shape index (κ1) is 14.9. The van der Waals surface area contributed by atoms with Crippen molar-refractivity contribution in [3.63, 3.8) is 0 Å². The number of carbonyl (C=O) groups excluding carboxylic acids is 1. The lowest BCUT2D eigenvalue weighted by Crippen LogP contribution is -2.36. The second-order valence-corrected chi connectivity index (χ2v) is 7.43. The number of hydrogen-bond acceptors (Lipinski definition) is 2. The van der Waals surface area contributed by atoms with Crippen LogP contribution < -0.4 is 0 Å². The van der Waals surface area contributed by atoms with Gasteiger partial charge in [-0.05, 0) is 48.4 Å². The molecule has 1 saturated carbocycles. The van der Waals surface area contributed by atoms with Crippen LogP contribution in [0.3, 0.4) is 0 Å². The monoisotopic (exact) mass is 337 g/mol. The second-order valence-electron chi connectivity index (χ2n) is 7.43. The van der Waals surface area contributed by atoms with Gasteiger partial charge in [-0.1, -0.05) is 42.8 Å². The smallest absolute Gasteiger partial charge is 0.411 e. The van der Waals surface area contributed by atoms with Gasteiger partial charge >= 0.3 is 6.09 Å². The van der Waals surface area contributed by atoms with Crippen LogP contribution in [0.15, 0.2) is 42.5 Å². The van der Waals surface area contributed by atoms with Gasteiger partial charge in [0, 0.05) is 5.56 Å². The Kier molecular flexibility index (Phi) is 3.18. The minimum absolute atomic E-state index is 0.225. The molecule has 3 aliphatic rings. The zero-order valence-electron chi connectivity index (χ0n) is 14.0. The predicted molar refractivity (Wildman–Crippen MR) is 92.7 cm³/mol. The van der Waals surface area contributed by atoms with Crippen molar-refractivity contribution in [2.75, 3.05) is 6.54 Å². The maximum atomic E-state index is 14.4. The second kappa shape index (κ2) is 5.32. The highest BCUT2D eigenvalue weighted by atomic mass is 19.1. The third-order valence-corrected chi connectivity index (χ3v) is 5.86. The van der Waals surface area contributed by atoms with Crippen LogP contribution >= 0.6 is 0 Å². The van der Waals surface area contributed by atoms with Crippen molar-refractivity contribution in [2.45, 2.75) is 43.7 Å². The number of amides is 1. The highest BCUT2D eigenvalue weighted by Gasteiger charge is 2.54. The minimum atomic E-state index is -0.348. The van der Waals surface area contributed by atoms with Crippen molar-refractivity contribution in [1.82, 2.24) is 4.90 Å². The van der Waals surface area contributed by atoms with Gasteiger partial charge in [0.2, 0.25) is 0 Å². The molecule has 1 aliphatic heterocycles. The van der Waals surface area contributed by atoms with E-state index in [9.17, 15) is 9.18 Å². The quantitative estimate of drug-likeness (QED) is 0.767. The van der Waals surface area contributed by atoms with E-state index in [1.54, 1.807) is 4.90 Å². The van der Waals surface area contributed by atoms with Crippen LogP contribution in [-0.4, -0.2) is 23.1 Å². The van der Waals surface area contributed by atoms with Crippen molar-refractivity contribution >= 4 is 6.09 Å². The molecule has 128 valence electrons. The SMILES string of the molecule is O=C1OC2(CCCCC2)CN1C1c2c(F)ccc(-c3ccccc3)c21. The van der Waals surface area contributed by atoms with Gasteiger partial charge in [0.05, 0.1) is 12.6 Å². The van der Waals surface area contributed by atoms with E-state index in [4.69, 9.17) is 4.74 Å². The molecule has 2 aromatic rings. The zero-order valence-corrected chi connectivity index (χ0v) is 14.0. The molecule has 0 bridgehead atoms. The van der Waals surface area contributed by atoms with Crippen LogP contribution in [0.4, 0.5) is 9.18 Å². The molecule has 2 fully saturated rings. The Balaban J connectivity index is 1.49. The summed E-state index contributed by atoms with van der Waals surface area (Å²) in [5.74, 6) is -0.225. The molecule has 5 rings (SSSR count). The molecule has 0 N–H and O–H groups in total. The van der Waals surface area contributed by atoms with E-state index >= 15 is 0 Å². The zero-order chi connectivity index (χ0) is 17.0. The van der Waals surface area contributed by atoms with Crippen LogP contribution in [0.2, 0.25) is 0 Å². The van der Waals surface area contributed by atoms with Gasteiger partial charge in [-0.3, -0.25) is 4.90 Å². The Morgan fingerprint density at radius 1 is 1.00 bits per heavy atom. The maximum Gasteiger partial charge on any atom is 0.411 e. The first-order chi connectivity index (χ1) is 12.2. The molecule has 1 heterocycles. The molecule has 25 heavy (non-hydrogen) atoms. The van der Waals surface area contributed by atoms with Gasteiger partial charge in [0.25, 0.3) is 0 Å². The van der Waals surface area contributed by atoms with E-state index in [-0.39, 0.29) is 23.6 Å². The van der Waals surface area contributed by atoms with Crippen molar-refractivity contribution in [3.05, 3.63) is 59.4 Å².